The average Bonchev–Trinajstić information content (AvgIpc) is 3.14. The number of halogens is 1. The lowest BCUT2D eigenvalue weighted by atomic mass is 10.2. The molecule has 1 aliphatic rings. The number of para-hydroxylation sites is 2. The number of nitrogens with zero attached hydrogens (tertiary/aromatic N) is 6. The van der Waals surface area contributed by atoms with Gasteiger partial charge in [0.1, 0.15) is 11.4 Å². The molecule has 0 radical (unpaired) electrons. The van der Waals surface area contributed by atoms with E-state index in [-0.39, 0.29) is 17.3 Å². The van der Waals surface area contributed by atoms with E-state index in [0.29, 0.717) is 54.0 Å². The van der Waals surface area contributed by atoms with E-state index in [9.17, 15) is 20.0 Å². The van der Waals surface area contributed by atoms with Crippen LogP contribution in [0.15, 0.2) is 42.5 Å². The Hall–Kier alpha value is -3.66. The first-order valence-corrected chi connectivity index (χ1v) is 9.93. The number of rotatable bonds is 4. The Morgan fingerprint density at radius 1 is 1.13 bits per heavy atom. The number of phenolic OH excluding ortho intramolecular Hbond substituents is 1. The molecule has 1 saturated heterocycles. The summed E-state index contributed by atoms with van der Waals surface area (Å²) in [6, 6.07) is 11.0. The number of aromatic nitrogens is 3. The Morgan fingerprint density at radius 3 is 2.48 bits per heavy atom. The number of aryl methyl sites for hydroxylation is 1. The van der Waals surface area contributed by atoms with Crippen molar-refractivity contribution >= 4 is 28.9 Å². The van der Waals surface area contributed by atoms with Gasteiger partial charge in [-0.1, -0.05) is 28.9 Å². The van der Waals surface area contributed by atoms with Crippen LogP contribution in [0.2, 0.25) is 5.02 Å². The van der Waals surface area contributed by atoms with E-state index in [1.165, 1.54) is 22.9 Å². The van der Waals surface area contributed by atoms with Crippen molar-refractivity contribution in [3.8, 4) is 11.4 Å². The van der Waals surface area contributed by atoms with Crippen molar-refractivity contribution in [1.82, 2.24) is 19.9 Å². The summed E-state index contributed by atoms with van der Waals surface area (Å²) in [4.78, 5) is 27.3. The van der Waals surface area contributed by atoms with Gasteiger partial charge in [-0.05, 0) is 25.1 Å². The van der Waals surface area contributed by atoms with Crippen molar-refractivity contribution in [1.29, 1.82) is 0 Å². The fourth-order valence-electron chi connectivity index (χ4n) is 3.58. The number of piperazine rings is 1. The van der Waals surface area contributed by atoms with Crippen LogP contribution >= 0.6 is 11.6 Å². The Morgan fingerprint density at radius 2 is 1.84 bits per heavy atom. The second kappa shape index (κ2) is 8.23. The van der Waals surface area contributed by atoms with Gasteiger partial charge in [0, 0.05) is 38.3 Å². The van der Waals surface area contributed by atoms with Gasteiger partial charge in [0.25, 0.3) is 11.6 Å². The summed E-state index contributed by atoms with van der Waals surface area (Å²) >= 11 is 6.24. The topological polar surface area (TPSA) is 118 Å². The molecule has 0 unspecified atom stereocenters. The maximum atomic E-state index is 13.2. The van der Waals surface area contributed by atoms with E-state index in [4.69, 9.17) is 11.6 Å². The first-order valence-electron chi connectivity index (χ1n) is 9.55. The molecule has 2 heterocycles. The Labute approximate surface area is 182 Å². The fourth-order valence-corrected chi connectivity index (χ4v) is 3.87. The Bertz CT molecular complexity index is 1160. The zero-order valence-electron chi connectivity index (χ0n) is 16.6. The second-order valence-electron chi connectivity index (χ2n) is 7.10. The number of non-ortho nitro benzene ring substituents is 1. The van der Waals surface area contributed by atoms with Crippen LogP contribution in [0.4, 0.5) is 11.4 Å². The van der Waals surface area contributed by atoms with E-state index in [0.717, 1.165) is 0 Å². The number of anilines is 1. The SMILES string of the molecule is Cc1nnn(-c2ccccc2O)c1C(=O)N1CCN(c2ccc([N+](=O)[O-])cc2Cl)CC1. The molecule has 0 saturated carbocycles. The van der Waals surface area contributed by atoms with Crippen LogP contribution in [0.25, 0.3) is 5.69 Å². The van der Waals surface area contributed by atoms with Crippen LogP contribution in [0.5, 0.6) is 5.75 Å². The van der Waals surface area contributed by atoms with Crippen LogP contribution in [0.3, 0.4) is 0 Å². The highest BCUT2D eigenvalue weighted by Gasteiger charge is 2.29. The highest BCUT2D eigenvalue weighted by molar-refractivity contribution is 6.33. The van der Waals surface area contributed by atoms with E-state index in [2.05, 4.69) is 10.3 Å². The molecule has 1 aromatic heterocycles. The minimum atomic E-state index is -0.490. The van der Waals surface area contributed by atoms with Gasteiger partial charge in [-0.25, -0.2) is 4.68 Å². The lowest BCUT2D eigenvalue weighted by Crippen LogP contribution is -2.49. The van der Waals surface area contributed by atoms with Crippen LogP contribution < -0.4 is 4.90 Å². The summed E-state index contributed by atoms with van der Waals surface area (Å²) in [6.07, 6.45) is 0. The molecule has 1 fully saturated rings. The van der Waals surface area contributed by atoms with Crippen LogP contribution in [-0.4, -0.2) is 62.0 Å². The average molecular weight is 443 g/mol. The monoisotopic (exact) mass is 442 g/mol. The summed E-state index contributed by atoms with van der Waals surface area (Å²) in [6.45, 7) is 3.58. The van der Waals surface area contributed by atoms with Gasteiger partial charge in [0.05, 0.1) is 21.3 Å². The number of nitro groups is 1. The predicted molar refractivity (Wildman–Crippen MR) is 114 cm³/mol. The third-order valence-electron chi connectivity index (χ3n) is 5.20. The van der Waals surface area contributed by atoms with Gasteiger partial charge in [-0.2, -0.15) is 0 Å². The van der Waals surface area contributed by atoms with E-state index in [1.54, 1.807) is 36.1 Å². The van der Waals surface area contributed by atoms with Crippen molar-refractivity contribution in [2.75, 3.05) is 31.1 Å². The highest BCUT2D eigenvalue weighted by Crippen LogP contribution is 2.31. The number of carbonyl (C=O) groups excluding carboxylic acids is 1. The first kappa shape index (κ1) is 20.6. The maximum Gasteiger partial charge on any atom is 0.274 e. The summed E-state index contributed by atoms with van der Waals surface area (Å²) < 4.78 is 1.35. The molecule has 11 heteroatoms. The number of hydrogen-bond acceptors (Lipinski definition) is 7. The molecule has 0 atom stereocenters. The summed E-state index contributed by atoms with van der Waals surface area (Å²) in [5.74, 6) is -0.237. The largest absolute Gasteiger partial charge is 0.506 e. The molecule has 0 spiro atoms. The fraction of sp³-hybridized carbons (Fsp3) is 0.250. The van der Waals surface area contributed by atoms with Gasteiger partial charge in [-0.15, -0.1) is 5.10 Å². The molecule has 1 aliphatic heterocycles. The van der Waals surface area contributed by atoms with Crippen molar-refractivity contribution in [2.24, 2.45) is 0 Å². The van der Waals surface area contributed by atoms with Crippen LogP contribution in [-0.2, 0) is 0 Å². The third-order valence-corrected chi connectivity index (χ3v) is 5.50. The quantitative estimate of drug-likeness (QED) is 0.487. The number of benzene rings is 2. The minimum absolute atomic E-state index is 0.000850. The predicted octanol–water partition coefficient (Wildman–Crippen LogP) is 2.81. The summed E-state index contributed by atoms with van der Waals surface area (Å²) in [7, 11) is 0. The number of aromatic hydroxyl groups is 1. The zero-order chi connectivity index (χ0) is 22.1. The smallest absolute Gasteiger partial charge is 0.274 e. The molecule has 1 amide bonds. The Kier molecular flexibility index (Phi) is 5.47. The maximum absolute atomic E-state index is 13.2. The van der Waals surface area contributed by atoms with E-state index >= 15 is 0 Å². The molecule has 10 nitrogen and oxygen atoms in total. The number of amides is 1. The van der Waals surface area contributed by atoms with Crippen LogP contribution in [0.1, 0.15) is 16.2 Å². The normalized spacial score (nSPS) is 14.0. The van der Waals surface area contributed by atoms with Gasteiger partial charge >= 0.3 is 0 Å². The molecule has 4 rings (SSSR count). The lowest BCUT2D eigenvalue weighted by molar-refractivity contribution is -0.384. The second-order valence-corrected chi connectivity index (χ2v) is 7.50. The van der Waals surface area contributed by atoms with E-state index < -0.39 is 4.92 Å². The number of carbonyl (C=O) groups is 1. The number of hydrogen-bond donors (Lipinski definition) is 1. The van der Waals surface area contributed by atoms with Gasteiger partial charge < -0.3 is 14.9 Å². The van der Waals surface area contributed by atoms with Gasteiger partial charge in [-0.3, -0.25) is 14.9 Å². The lowest BCUT2D eigenvalue weighted by Gasteiger charge is -2.36. The molecular weight excluding hydrogens is 424 g/mol. The molecule has 1 N–H and O–H groups in total. The number of nitro benzene ring substituents is 1. The molecule has 31 heavy (non-hydrogen) atoms. The van der Waals surface area contributed by atoms with E-state index in [1.807, 2.05) is 4.90 Å². The molecule has 160 valence electrons. The Balaban J connectivity index is 1.52. The minimum Gasteiger partial charge on any atom is -0.506 e. The summed E-state index contributed by atoms with van der Waals surface area (Å²) in [5.41, 5.74) is 1.76. The zero-order valence-corrected chi connectivity index (χ0v) is 17.4. The highest BCUT2D eigenvalue weighted by atomic mass is 35.5. The molecule has 2 aromatic carbocycles. The van der Waals surface area contributed by atoms with Gasteiger partial charge in [0.2, 0.25) is 0 Å². The van der Waals surface area contributed by atoms with Crippen molar-refractivity contribution in [2.45, 2.75) is 6.92 Å². The summed E-state index contributed by atoms with van der Waals surface area (Å²) in [5, 5.41) is 29.4. The molecule has 0 bridgehead atoms. The van der Waals surface area contributed by atoms with Crippen molar-refractivity contribution in [3.63, 3.8) is 0 Å². The van der Waals surface area contributed by atoms with Gasteiger partial charge in [0.15, 0.2) is 5.69 Å². The van der Waals surface area contributed by atoms with Crippen molar-refractivity contribution < 1.29 is 14.8 Å². The molecule has 0 aliphatic carbocycles. The van der Waals surface area contributed by atoms with Crippen LogP contribution in [0, 0.1) is 17.0 Å². The third kappa shape index (κ3) is 3.89. The molecular formula is C20H19ClN6O4. The first-order chi connectivity index (χ1) is 14.9. The standard InChI is InChI=1S/C20H19ClN6O4/c1-13-19(26(23-22-13)17-4-2-3-5-18(17)28)20(29)25-10-8-24(9-11-25)16-7-6-14(27(30)31)12-15(16)21/h2-7,12,28H,8-11H2,1H3. The molecule has 3 aromatic rings. The number of phenols is 1. The van der Waals surface area contributed by atoms with Crippen molar-refractivity contribution in [3.05, 3.63) is 69.0 Å².